The average Bonchev–Trinajstić information content (AvgIpc) is 3.29. The zero-order valence-electron chi connectivity index (χ0n) is 15.3. The van der Waals surface area contributed by atoms with E-state index in [1.807, 2.05) is 24.4 Å². The number of hydrogen-bond donors (Lipinski definition) is 1. The zero-order valence-corrected chi connectivity index (χ0v) is 15.3. The Morgan fingerprint density at radius 1 is 1.19 bits per heavy atom. The topological polar surface area (TPSA) is 95.7 Å². The Bertz CT molecular complexity index is 1120. The first-order valence-electron chi connectivity index (χ1n) is 9.17. The normalized spacial score (nSPS) is 14.3. The molecule has 0 amide bonds. The number of anilines is 1. The number of rotatable bonds is 4. The zero-order chi connectivity index (χ0) is 18.5. The first kappa shape index (κ1) is 16.0. The summed E-state index contributed by atoms with van der Waals surface area (Å²) in [4.78, 5) is 13.2. The molecule has 4 heterocycles. The Labute approximate surface area is 156 Å². The van der Waals surface area contributed by atoms with Gasteiger partial charge in [-0.3, -0.25) is 4.98 Å². The van der Waals surface area contributed by atoms with Gasteiger partial charge in [-0.1, -0.05) is 11.2 Å². The molecule has 27 heavy (non-hydrogen) atoms. The fraction of sp³-hybridized carbons (Fsp3) is 0.300. The van der Waals surface area contributed by atoms with E-state index in [9.17, 15) is 0 Å². The first-order chi connectivity index (χ1) is 13.1. The van der Waals surface area contributed by atoms with Gasteiger partial charge in [0.05, 0.1) is 16.6 Å². The highest BCUT2D eigenvalue weighted by atomic mass is 16.5. The van der Waals surface area contributed by atoms with E-state index in [1.54, 1.807) is 6.20 Å². The van der Waals surface area contributed by atoms with Crippen LogP contribution in [0.4, 0.5) is 5.82 Å². The molecule has 2 N–H and O–H groups in total. The van der Waals surface area contributed by atoms with Crippen LogP contribution in [-0.2, 0) is 0 Å². The summed E-state index contributed by atoms with van der Waals surface area (Å²) in [6.45, 7) is 4.22. The molecule has 0 atom stereocenters. The van der Waals surface area contributed by atoms with E-state index in [4.69, 9.17) is 10.3 Å². The van der Waals surface area contributed by atoms with Crippen LogP contribution in [0.15, 0.2) is 41.4 Å². The number of nitrogen functional groups attached to an aromatic ring is 1. The molecule has 4 aromatic rings. The van der Waals surface area contributed by atoms with Gasteiger partial charge >= 0.3 is 0 Å². The van der Waals surface area contributed by atoms with Crippen molar-refractivity contribution in [2.45, 2.75) is 38.6 Å². The first-order valence-corrected chi connectivity index (χ1v) is 9.17. The summed E-state index contributed by atoms with van der Waals surface area (Å²) in [5.41, 5.74) is 10.5. The van der Waals surface area contributed by atoms with Crippen LogP contribution in [0.1, 0.15) is 44.4 Å². The molecule has 136 valence electrons. The smallest absolute Gasteiger partial charge is 0.149 e. The summed E-state index contributed by atoms with van der Waals surface area (Å²) >= 11 is 0. The third kappa shape index (κ3) is 2.50. The predicted octanol–water partition coefficient (Wildman–Crippen LogP) is 4.19. The van der Waals surface area contributed by atoms with E-state index in [1.165, 1.54) is 6.33 Å². The van der Waals surface area contributed by atoms with Crippen LogP contribution in [0.25, 0.3) is 33.5 Å². The van der Waals surface area contributed by atoms with Crippen LogP contribution in [0.3, 0.4) is 0 Å². The van der Waals surface area contributed by atoms with Gasteiger partial charge in [-0.25, -0.2) is 9.97 Å². The van der Waals surface area contributed by atoms with Crippen molar-refractivity contribution < 1.29 is 4.52 Å². The van der Waals surface area contributed by atoms with Gasteiger partial charge in [-0.15, -0.1) is 0 Å². The van der Waals surface area contributed by atoms with Crippen molar-refractivity contribution in [1.82, 2.24) is 24.7 Å². The van der Waals surface area contributed by atoms with E-state index < -0.39 is 0 Å². The Hall–Kier alpha value is -3.22. The van der Waals surface area contributed by atoms with Crippen LogP contribution < -0.4 is 5.73 Å². The maximum Gasteiger partial charge on any atom is 0.149 e. The van der Waals surface area contributed by atoms with E-state index in [0.717, 1.165) is 52.2 Å². The lowest BCUT2D eigenvalue weighted by Crippen LogP contribution is -2.00. The van der Waals surface area contributed by atoms with Crippen LogP contribution in [0.5, 0.6) is 0 Å². The maximum absolute atomic E-state index is 6.24. The monoisotopic (exact) mass is 360 g/mol. The number of aromatic nitrogens is 5. The number of nitrogens with zero attached hydrogens (tertiary/aromatic N) is 5. The lowest BCUT2D eigenvalue weighted by atomic mass is 10.0. The molecule has 1 aliphatic carbocycles. The molecule has 1 saturated carbocycles. The fourth-order valence-corrected chi connectivity index (χ4v) is 3.55. The number of fused-ring (bicyclic) bond motifs is 1. The quantitative estimate of drug-likeness (QED) is 0.586. The second-order valence-corrected chi connectivity index (χ2v) is 7.26. The molecule has 7 heteroatoms. The number of nitrogens with two attached hydrogens (primary N) is 1. The van der Waals surface area contributed by atoms with Gasteiger partial charge in [-0.2, -0.15) is 0 Å². The summed E-state index contributed by atoms with van der Waals surface area (Å²) in [6, 6.07) is 6.10. The molecule has 0 bridgehead atoms. The van der Waals surface area contributed by atoms with Crippen molar-refractivity contribution in [3.05, 3.63) is 42.7 Å². The second kappa shape index (κ2) is 5.90. The third-order valence-electron chi connectivity index (χ3n) is 5.04. The highest BCUT2D eigenvalue weighted by Crippen LogP contribution is 2.48. The van der Waals surface area contributed by atoms with Gasteiger partial charge < -0.3 is 14.8 Å². The molecule has 7 nitrogen and oxygen atoms in total. The van der Waals surface area contributed by atoms with Gasteiger partial charge in [0.2, 0.25) is 0 Å². The van der Waals surface area contributed by atoms with Crippen molar-refractivity contribution in [3.8, 4) is 22.5 Å². The van der Waals surface area contributed by atoms with Crippen molar-refractivity contribution in [1.29, 1.82) is 0 Å². The molecule has 0 aromatic carbocycles. The minimum Gasteiger partial charge on any atom is -0.383 e. The standard InChI is InChI=1S/C20H20N6O/c1-11(2)26-9-13(15-19(21)23-10-24-20(15)26)17-16(14-5-3-4-8-22-14)18(27-25-17)12-6-7-12/h3-5,8-12H,6-7H2,1-2H3,(H2,21,23,24). The Balaban J connectivity index is 1.82. The number of pyridine rings is 1. The third-order valence-corrected chi connectivity index (χ3v) is 5.04. The molecule has 0 aliphatic heterocycles. The van der Waals surface area contributed by atoms with Crippen LogP contribution in [-0.4, -0.2) is 24.7 Å². The maximum atomic E-state index is 6.24. The van der Waals surface area contributed by atoms with Crippen molar-refractivity contribution in [2.24, 2.45) is 0 Å². The van der Waals surface area contributed by atoms with Crippen molar-refractivity contribution in [3.63, 3.8) is 0 Å². The predicted molar refractivity (Wildman–Crippen MR) is 103 cm³/mol. The fourth-order valence-electron chi connectivity index (χ4n) is 3.55. The van der Waals surface area contributed by atoms with E-state index in [-0.39, 0.29) is 6.04 Å². The molecule has 5 rings (SSSR count). The van der Waals surface area contributed by atoms with E-state index in [2.05, 4.69) is 38.5 Å². The van der Waals surface area contributed by atoms with Crippen LogP contribution in [0.2, 0.25) is 0 Å². The van der Waals surface area contributed by atoms with Gasteiger partial charge in [0, 0.05) is 29.9 Å². The SMILES string of the molecule is CC(C)n1cc(-c2noc(C3CC3)c2-c2ccccn2)c2c(N)ncnc21. The second-order valence-electron chi connectivity index (χ2n) is 7.26. The van der Waals surface area contributed by atoms with Crippen LogP contribution >= 0.6 is 0 Å². The summed E-state index contributed by atoms with van der Waals surface area (Å²) in [7, 11) is 0. The minimum atomic E-state index is 0.226. The number of hydrogen-bond acceptors (Lipinski definition) is 6. The average molecular weight is 360 g/mol. The van der Waals surface area contributed by atoms with E-state index >= 15 is 0 Å². The molecule has 4 aromatic heterocycles. The van der Waals surface area contributed by atoms with Gasteiger partial charge in [0.25, 0.3) is 0 Å². The highest BCUT2D eigenvalue weighted by molar-refractivity contribution is 6.02. The Morgan fingerprint density at radius 3 is 2.74 bits per heavy atom. The summed E-state index contributed by atoms with van der Waals surface area (Å²) in [5, 5.41) is 5.25. The van der Waals surface area contributed by atoms with Crippen molar-refractivity contribution in [2.75, 3.05) is 5.73 Å². The lowest BCUT2D eigenvalue weighted by molar-refractivity contribution is 0.387. The van der Waals surface area contributed by atoms with Gasteiger partial charge in [-0.05, 0) is 38.8 Å². The Kier molecular flexibility index (Phi) is 3.50. The van der Waals surface area contributed by atoms with Gasteiger partial charge in [0.15, 0.2) is 0 Å². The van der Waals surface area contributed by atoms with Crippen LogP contribution in [0, 0.1) is 0 Å². The van der Waals surface area contributed by atoms with Crippen molar-refractivity contribution >= 4 is 16.9 Å². The molecular weight excluding hydrogens is 340 g/mol. The summed E-state index contributed by atoms with van der Waals surface area (Å²) in [6.07, 6.45) is 7.57. The Morgan fingerprint density at radius 2 is 2.04 bits per heavy atom. The lowest BCUT2D eigenvalue weighted by Gasteiger charge is -2.07. The molecule has 0 spiro atoms. The molecule has 0 saturated heterocycles. The van der Waals surface area contributed by atoms with Gasteiger partial charge in [0.1, 0.15) is 29.2 Å². The molecule has 0 radical (unpaired) electrons. The highest BCUT2D eigenvalue weighted by Gasteiger charge is 2.34. The molecule has 0 unspecified atom stereocenters. The molecular formula is C20H20N6O. The minimum absolute atomic E-state index is 0.226. The van der Waals surface area contributed by atoms with E-state index in [0.29, 0.717) is 11.7 Å². The summed E-state index contributed by atoms with van der Waals surface area (Å²) in [5.74, 6) is 1.76. The largest absolute Gasteiger partial charge is 0.383 e. The molecule has 1 fully saturated rings. The summed E-state index contributed by atoms with van der Waals surface area (Å²) < 4.78 is 7.90. The molecule has 1 aliphatic rings.